The number of rotatable bonds is 5. The molecule has 2 heterocycles. The van der Waals surface area contributed by atoms with E-state index in [1.54, 1.807) is 13.3 Å². The zero-order chi connectivity index (χ0) is 23.7. The van der Waals surface area contributed by atoms with Gasteiger partial charge in [-0.25, -0.2) is 9.97 Å². The molecule has 3 aromatic carbocycles. The van der Waals surface area contributed by atoms with Gasteiger partial charge in [0.25, 0.3) is 5.91 Å². The first-order chi connectivity index (χ1) is 16.5. The molecule has 0 fully saturated rings. The molecular weight excluding hydrogens is 428 g/mol. The number of anilines is 2. The van der Waals surface area contributed by atoms with Crippen molar-refractivity contribution in [3.05, 3.63) is 89.5 Å². The van der Waals surface area contributed by atoms with E-state index < -0.39 is 0 Å². The Morgan fingerprint density at radius 2 is 1.76 bits per heavy atom. The first kappa shape index (κ1) is 21.1. The fraction of sp³-hybridized carbons (Fsp3) is 0.0769. The van der Waals surface area contributed by atoms with Gasteiger partial charge in [-0.1, -0.05) is 42.0 Å². The number of nitrogens with one attached hydrogen (secondary N) is 1. The van der Waals surface area contributed by atoms with Crippen LogP contribution in [0.1, 0.15) is 21.5 Å². The van der Waals surface area contributed by atoms with Gasteiger partial charge in [0, 0.05) is 5.69 Å². The maximum absolute atomic E-state index is 13.3. The highest BCUT2D eigenvalue weighted by atomic mass is 16.5. The van der Waals surface area contributed by atoms with Crippen LogP contribution in [0.4, 0.5) is 11.5 Å². The minimum absolute atomic E-state index is 0.147. The van der Waals surface area contributed by atoms with Gasteiger partial charge in [0.15, 0.2) is 5.65 Å². The third-order valence-corrected chi connectivity index (χ3v) is 5.43. The monoisotopic (exact) mass is 450 g/mol. The SMILES string of the molecule is COc1cccc(C=Nn2c(N)c(C(=O)Nc3ccc(C)cc3)c3nc4ccccc4nc32)c1. The molecule has 0 bridgehead atoms. The highest BCUT2D eigenvalue weighted by molar-refractivity contribution is 6.16. The van der Waals surface area contributed by atoms with Crippen LogP contribution in [-0.4, -0.2) is 33.9 Å². The predicted octanol–water partition coefficient (Wildman–Crippen LogP) is 4.62. The number of nitrogen functional groups attached to an aromatic ring is 1. The van der Waals surface area contributed by atoms with Gasteiger partial charge in [-0.3, -0.25) is 4.79 Å². The second kappa shape index (κ2) is 8.67. The number of nitrogens with zero attached hydrogens (tertiary/aromatic N) is 4. The van der Waals surface area contributed by atoms with Gasteiger partial charge in [-0.2, -0.15) is 9.78 Å². The van der Waals surface area contributed by atoms with Crippen molar-refractivity contribution >= 4 is 45.8 Å². The standard InChI is InChI=1S/C26H22N6O2/c1-16-10-12-18(13-11-16)29-26(33)22-23-25(31-21-9-4-3-8-20(21)30-23)32(24(22)27)28-15-17-6-5-7-19(14-17)34-2/h3-15H,27H2,1-2H3,(H,29,33). The second-order valence-corrected chi connectivity index (χ2v) is 7.80. The molecule has 0 atom stereocenters. The summed E-state index contributed by atoms with van der Waals surface area (Å²) < 4.78 is 6.72. The van der Waals surface area contributed by atoms with Crippen LogP contribution >= 0.6 is 0 Å². The summed E-state index contributed by atoms with van der Waals surface area (Å²) in [4.78, 5) is 22.7. The number of hydrogen-bond acceptors (Lipinski definition) is 6. The Kier molecular flexibility index (Phi) is 5.39. The van der Waals surface area contributed by atoms with Crippen LogP contribution in [0.3, 0.4) is 0 Å². The van der Waals surface area contributed by atoms with Crippen LogP contribution in [0.25, 0.3) is 22.2 Å². The number of amides is 1. The summed E-state index contributed by atoms with van der Waals surface area (Å²) in [6, 6.07) is 22.4. The summed E-state index contributed by atoms with van der Waals surface area (Å²) >= 11 is 0. The normalized spacial score (nSPS) is 11.4. The molecular formula is C26H22N6O2. The molecule has 3 N–H and O–H groups in total. The van der Waals surface area contributed by atoms with Crippen molar-refractivity contribution in [2.24, 2.45) is 5.10 Å². The summed E-state index contributed by atoms with van der Waals surface area (Å²) in [5.41, 5.74) is 11.3. The van der Waals surface area contributed by atoms with Gasteiger partial charge in [0.05, 0.1) is 24.4 Å². The molecule has 34 heavy (non-hydrogen) atoms. The van der Waals surface area contributed by atoms with Gasteiger partial charge >= 0.3 is 0 Å². The third-order valence-electron chi connectivity index (χ3n) is 5.43. The maximum atomic E-state index is 13.3. The minimum atomic E-state index is -0.383. The molecule has 0 unspecified atom stereocenters. The maximum Gasteiger partial charge on any atom is 0.261 e. The summed E-state index contributed by atoms with van der Waals surface area (Å²) in [6.45, 7) is 1.98. The molecule has 0 aliphatic rings. The molecule has 0 saturated carbocycles. The van der Waals surface area contributed by atoms with Gasteiger partial charge in [-0.15, -0.1) is 0 Å². The van der Waals surface area contributed by atoms with E-state index in [9.17, 15) is 4.79 Å². The number of aromatic nitrogens is 3. The lowest BCUT2D eigenvalue weighted by molar-refractivity contribution is 0.102. The van der Waals surface area contributed by atoms with Gasteiger partial charge < -0.3 is 15.8 Å². The van der Waals surface area contributed by atoms with Crippen LogP contribution in [0.15, 0.2) is 77.9 Å². The largest absolute Gasteiger partial charge is 0.497 e. The quantitative estimate of drug-likeness (QED) is 0.380. The molecule has 8 nitrogen and oxygen atoms in total. The molecule has 168 valence electrons. The molecule has 0 aliphatic carbocycles. The predicted molar refractivity (Wildman–Crippen MR) is 135 cm³/mol. The van der Waals surface area contributed by atoms with Crippen molar-refractivity contribution in [2.45, 2.75) is 6.92 Å². The average molecular weight is 451 g/mol. The van der Waals surface area contributed by atoms with Crippen LogP contribution in [0.2, 0.25) is 0 Å². The van der Waals surface area contributed by atoms with Crippen molar-refractivity contribution in [1.29, 1.82) is 0 Å². The van der Waals surface area contributed by atoms with E-state index in [2.05, 4.69) is 10.4 Å². The molecule has 0 spiro atoms. The molecule has 0 saturated heterocycles. The van der Waals surface area contributed by atoms with E-state index in [0.717, 1.165) is 11.1 Å². The number of nitrogens with two attached hydrogens (primary N) is 1. The Morgan fingerprint density at radius 1 is 1.03 bits per heavy atom. The zero-order valence-corrected chi connectivity index (χ0v) is 18.7. The molecule has 2 aromatic heterocycles. The van der Waals surface area contributed by atoms with Crippen LogP contribution in [0, 0.1) is 6.92 Å². The minimum Gasteiger partial charge on any atom is -0.497 e. The first-order valence-corrected chi connectivity index (χ1v) is 10.7. The average Bonchev–Trinajstić information content (AvgIpc) is 3.12. The number of carbonyl (C=O) groups excluding carboxylic acids is 1. The lowest BCUT2D eigenvalue weighted by Crippen LogP contribution is -2.14. The van der Waals surface area contributed by atoms with E-state index in [1.807, 2.05) is 79.7 Å². The fourth-order valence-electron chi connectivity index (χ4n) is 3.66. The van der Waals surface area contributed by atoms with Crippen LogP contribution in [0.5, 0.6) is 5.75 Å². The van der Waals surface area contributed by atoms with Crippen molar-refractivity contribution in [2.75, 3.05) is 18.2 Å². The second-order valence-electron chi connectivity index (χ2n) is 7.80. The first-order valence-electron chi connectivity index (χ1n) is 10.7. The number of benzene rings is 3. The number of hydrogen-bond donors (Lipinski definition) is 2. The smallest absolute Gasteiger partial charge is 0.261 e. The fourth-order valence-corrected chi connectivity index (χ4v) is 3.66. The summed E-state index contributed by atoms with van der Waals surface area (Å²) in [5, 5.41) is 7.44. The number of aryl methyl sites for hydroxylation is 1. The van der Waals surface area contributed by atoms with Gasteiger partial charge in [-0.05, 0) is 48.9 Å². The lowest BCUT2D eigenvalue weighted by Gasteiger charge is -2.06. The lowest BCUT2D eigenvalue weighted by atomic mass is 10.2. The Labute approximate surface area is 195 Å². The summed E-state index contributed by atoms with van der Waals surface area (Å²) in [7, 11) is 1.60. The molecule has 0 radical (unpaired) electrons. The third kappa shape index (κ3) is 3.93. The Balaban J connectivity index is 1.64. The number of fused-ring (bicyclic) bond motifs is 2. The molecule has 5 rings (SSSR count). The van der Waals surface area contributed by atoms with Gasteiger partial charge in [0.2, 0.25) is 0 Å². The number of ether oxygens (including phenoxy) is 1. The Bertz CT molecular complexity index is 1550. The molecule has 0 aliphatic heterocycles. The molecule has 5 aromatic rings. The van der Waals surface area contributed by atoms with E-state index in [4.69, 9.17) is 20.4 Å². The van der Waals surface area contributed by atoms with E-state index in [0.29, 0.717) is 33.6 Å². The highest BCUT2D eigenvalue weighted by Crippen LogP contribution is 2.29. The van der Waals surface area contributed by atoms with E-state index >= 15 is 0 Å². The van der Waals surface area contributed by atoms with Gasteiger partial charge in [0.1, 0.15) is 22.6 Å². The molecule has 8 heteroatoms. The van der Waals surface area contributed by atoms with Crippen LogP contribution in [-0.2, 0) is 0 Å². The van der Waals surface area contributed by atoms with E-state index in [1.165, 1.54) is 4.68 Å². The summed E-state index contributed by atoms with van der Waals surface area (Å²) in [5.74, 6) is 0.471. The number of carbonyl (C=O) groups is 1. The van der Waals surface area contributed by atoms with Crippen molar-refractivity contribution in [3.8, 4) is 5.75 Å². The van der Waals surface area contributed by atoms with Crippen LogP contribution < -0.4 is 15.8 Å². The van der Waals surface area contributed by atoms with Crippen molar-refractivity contribution in [3.63, 3.8) is 0 Å². The topological polar surface area (TPSA) is 107 Å². The van der Waals surface area contributed by atoms with Crippen molar-refractivity contribution in [1.82, 2.24) is 14.6 Å². The highest BCUT2D eigenvalue weighted by Gasteiger charge is 2.24. The Morgan fingerprint density at radius 3 is 2.50 bits per heavy atom. The number of para-hydroxylation sites is 2. The Hall–Kier alpha value is -4.72. The number of methoxy groups -OCH3 is 1. The van der Waals surface area contributed by atoms with E-state index in [-0.39, 0.29) is 17.3 Å². The van der Waals surface area contributed by atoms with Crippen molar-refractivity contribution < 1.29 is 9.53 Å². The zero-order valence-electron chi connectivity index (χ0n) is 18.7. The molecule has 1 amide bonds. The summed E-state index contributed by atoms with van der Waals surface area (Å²) in [6.07, 6.45) is 1.64.